The van der Waals surface area contributed by atoms with Crippen molar-refractivity contribution in [3.05, 3.63) is 71.5 Å². The second-order valence-corrected chi connectivity index (χ2v) is 7.31. The Hall–Kier alpha value is -3.85. The highest BCUT2D eigenvalue weighted by molar-refractivity contribution is 7.21. The molecule has 1 amide bonds. The second kappa shape index (κ2) is 6.95. The number of ether oxygens (including phenoxy) is 1. The minimum Gasteiger partial charge on any atom is -0.484 e. The molecule has 0 radical (unpaired) electrons. The van der Waals surface area contributed by atoms with E-state index in [1.807, 2.05) is 42.5 Å². The molecule has 9 heteroatoms. The Morgan fingerprint density at radius 2 is 1.97 bits per heavy atom. The van der Waals surface area contributed by atoms with Crippen molar-refractivity contribution < 1.29 is 9.53 Å². The molecule has 0 aliphatic rings. The van der Waals surface area contributed by atoms with E-state index in [-0.39, 0.29) is 6.61 Å². The second-order valence-electron chi connectivity index (χ2n) is 6.26. The lowest BCUT2D eigenvalue weighted by molar-refractivity contribution is 0.100. The van der Waals surface area contributed by atoms with Crippen LogP contribution in [0.25, 0.3) is 27.1 Å². The summed E-state index contributed by atoms with van der Waals surface area (Å²) in [6.45, 7) is 0.162. The number of nitrogens with two attached hydrogens (primary N) is 1. The molecule has 29 heavy (non-hydrogen) atoms. The minimum atomic E-state index is -0.486. The number of aromatic nitrogens is 5. The first kappa shape index (κ1) is 17.3. The summed E-state index contributed by atoms with van der Waals surface area (Å²) in [5.41, 5.74) is 8.49. The van der Waals surface area contributed by atoms with Crippen LogP contribution < -0.4 is 10.5 Å². The first-order chi connectivity index (χ1) is 14.2. The molecule has 0 unspecified atom stereocenters. The molecule has 2 N–H and O–H groups in total. The molecule has 0 saturated heterocycles. The van der Waals surface area contributed by atoms with E-state index >= 15 is 0 Å². The molecule has 0 fully saturated rings. The van der Waals surface area contributed by atoms with Crippen LogP contribution in [-0.4, -0.2) is 30.7 Å². The van der Waals surface area contributed by atoms with Crippen molar-refractivity contribution in [1.29, 1.82) is 0 Å². The Kier molecular flexibility index (Phi) is 4.14. The first-order valence-corrected chi connectivity index (χ1v) is 9.58. The summed E-state index contributed by atoms with van der Waals surface area (Å²) in [5.74, 6) is 0.679. The molecule has 0 spiro atoms. The quantitative estimate of drug-likeness (QED) is 0.484. The summed E-state index contributed by atoms with van der Waals surface area (Å²) in [6.07, 6.45) is 1.63. The van der Waals surface area contributed by atoms with Gasteiger partial charge in [-0.05, 0) is 18.2 Å². The largest absolute Gasteiger partial charge is 0.484 e. The van der Waals surface area contributed by atoms with E-state index in [0.29, 0.717) is 27.6 Å². The number of hydrogen-bond donors (Lipinski definition) is 1. The van der Waals surface area contributed by atoms with Crippen molar-refractivity contribution >= 4 is 33.1 Å². The molecule has 4 aromatic heterocycles. The number of carbonyl (C=O) groups is 1. The molecule has 1 aromatic carbocycles. The van der Waals surface area contributed by atoms with Crippen LogP contribution in [0.4, 0.5) is 0 Å². The van der Waals surface area contributed by atoms with E-state index in [1.54, 1.807) is 22.8 Å². The Morgan fingerprint density at radius 3 is 2.79 bits per heavy atom. The van der Waals surface area contributed by atoms with Crippen LogP contribution in [0.5, 0.6) is 5.75 Å². The monoisotopic (exact) mass is 402 g/mol. The molecule has 0 aliphatic heterocycles. The number of primary amides is 1. The third kappa shape index (κ3) is 3.17. The number of rotatable bonds is 5. The molecule has 4 heterocycles. The van der Waals surface area contributed by atoms with Gasteiger partial charge in [0.2, 0.25) is 0 Å². The highest BCUT2D eigenvalue weighted by atomic mass is 32.1. The third-order valence-corrected chi connectivity index (χ3v) is 5.53. The van der Waals surface area contributed by atoms with Gasteiger partial charge in [-0.2, -0.15) is 9.61 Å². The number of fused-ring (bicyclic) bond motifs is 2. The van der Waals surface area contributed by atoms with E-state index in [1.165, 1.54) is 11.3 Å². The predicted molar refractivity (Wildman–Crippen MR) is 109 cm³/mol. The summed E-state index contributed by atoms with van der Waals surface area (Å²) in [4.78, 5) is 16.2. The molecule has 5 aromatic rings. The van der Waals surface area contributed by atoms with Crippen molar-refractivity contribution in [1.82, 2.24) is 24.8 Å². The van der Waals surface area contributed by atoms with E-state index in [4.69, 9.17) is 10.5 Å². The Balaban J connectivity index is 1.47. The smallest absolute Gasteiger partial charge is 0.258 e. The number of pyridine rings is 1. The average Bonchev–Trinajstić information content (AvgIpc) is 3.37. The van der Waals surface area contributed by atoms with Crippen LogP contribution in [-0.2, 0) is 6.61 Å². The highest BCUT2D eigenvalue weighted by Crippen LogP contribution is 2.32. The molecular weight excluding hydrogens is 388 g/mol. The number of nitrogens with zero attached hydrogens (tertiary/aromatic N) is 5. The first-order valence-electron chi connectivity index (χ1n) is 8.77. The lowest BCUT2D eigenvalue weighted by atomic mass is 10.1. The normalized spacial score (nSPS) is 11.2. The van der Waals surface area contributed by atoms with E-state index < -0.39 is 5.91 Å². The zero-order valence-corrected chi connectivity index (χ0v) is 15.8. The number of hydrogen-bond acceptors (Lipinski definition) is 7. The van der Waals surface area contributed by atoms with Gasteiger partial charge in [-0.3, -0.25) is 9.78 Å². The molecule has 142 valence electrons. The molecule has 5 rings (SSSR count). The van der Waals surface area contributed by atoms with Gasteiger partial charge in [0.1, 0.15) is 12.4 Å². The van der Waals surface area contributed by atoms with Gasteiger partial charge in [0.05, 0.1) is 20.8 Å². The fourth-order valence-corrected chi connectivity index (χ4v) is 3.91. The summed E-state index contributed by atoms with van der Waals surface area (Å²) < 4.78 is 8.39. The average molecular weight is 402 g/mol. The maximum Gasteiger partial charge on any atom is 0.258 e. The summed E-state index contributed by atoms with van der Waals surface area (Å²) in [7, 11) is 0. The zero-order valence-electron chi connectivity index (χ0n) is 15.0. The van der Waals surface area contributed by atoms with Gasteiger partial charge >= 0.3 is 0 Å². The highest BCUT2D eigenvalue weighted by Gasteiger charge is 2.14. The molecule has 8 nitrogen and oxygen atoms in total. The Labute approximate surface area is 168 Å². The minimum absolute atomic E-state index is 0.162. The van der Waals surface area contributed by atoms with E-state index in [0.717, 1.165) is 16.0 Å². The van der Waals surface area contributed by atoms with Crippen LogP contribution >= 0.6 is 11.3 Å². The van der Waals surface area contributed by atoms with Crippen LogP contribution in [0.2, 0.25) is 0 Å². The standard InChI is InChI=1S/C20H14N6O2S/c21-20(27)16-10-14-19(29-16)15(8-9-22-14)28-11-18-24-23-17-7-6-13(25-26(17)18)12-4-2-1-3-5-12/h1-10H,11H2,(H2,21,27). The Bertz CT molecular complexity index is 1350. The van der Waals surface area contributed by atoms with Crippen LogP contribution in [0.1, 0.15) is 15.5 Å². The van der Waals surface area contributed by atoms with Crippen LogP contribution in [0, 0.1) is 0 Å². The summed E-state index contributed by atoms with van der Waals surface area (Å²) >= 11 is 1.25. The molecule has 0 bridgehead atoms. The third-order valence-electron chi connectivity index (χ3n) is 4.37. The van der Waals surface area contributed by atoms with Gasteiger partial charge < -0.3 is 10.5 Å². The summed E-state index contributed by atoms with van der Waals surface area (Å²) in [5, 5.41) is 13.0. The van der Waals surface area contributed by atoms with Crippen LogP contribution in [0.3, 0.4) is 0 Å². The van der Waals surface area contributed by atoms with Crippen molar-refractivity contribution in [3.63, 3.8) is 0 Å². The van der Waals surface area contributed by atoms with Gasteiger partial charge in [-0.1, -0.05) is 30.3 Å². The number of amides is 1. The number of thiophene rings is 1. The molecular formula is C20H14N6O2S. The van der Waals surface area contributed by atoms with Gasteiger partial charge in [0, 0.05) is 17.8 Å². The van der Waals surface area contributed by atoms with E-state index in [9.17, 15) is 4.79 Å². The molecule has 0 aliphatic carbocycles. The van der Waals surface area contributed by atoms with Gasteiger partial charge in [0.15, 0.2) is 11.5 Å². The van der Waals surface area contributed by atoms with Crippen LogP contribution in [0.15, 0.2) is 60.8 Å². The fourth-order valence-electron chi connectivity index (χ4n) is 2.98. The lowest BCUT2D eigenvalue weighted by Gasteiger charge is -2.06. The number of carbonyl (C=O) groups excluding carboxylic acids is 1. The molecule has 0 saturated carbocycles. The fraction of sp³-hybridized carbons (Fsp3) is 0.0500. The van der Waals surface area contributed by atoms with Crippen molar-refractivity contribution in [2.75, 3.05) is 0 Å². The predicted octanol–water partition coefficient (Wildman–Crippen LogP) is 3.08. The van der Waals surface area contributed by atoms with Gasteiger partial charge in [-0.15, -0.1) is 21.5 Å². The number of benzene rings is 1. The van der Waals surface area contributed by atoms with Crippen molar-refractivity contribution in [2.45, 2.75) is 6.61 Å². The maximum atomic E-state index is 11.5. The molecule has 0 atom stereocenters. The lowest BCUT2D eigenvalue weighted by Crippen LogP contribution is -2.08. The SMILES string of the molecule is NC(=O)c1cc2nccc(OCc3nnc4ccc(-c5ccccc5)nn34)c2s1. The summed E-state index contributed by atoms with van der Waals surface area (Å²) in [6, 6.07) is 17.1. The van der Waals surface area contributed by atoms with Crippen molar-refractivity contribution in [3.8, 4) is 17.0 Å². The maximum absolute atomic E-state index is 11.5. The van der Waals surface area contributed by atoms with E-state index in [2.05, 4.69) is 20.3 Å². The topological polar surface area (TPSA) is 108 Å². The Morgan fingerprint density at radius 1 is 1.10 bits per heavy atom. The van der Waals surface area contributed by atoms with Crippen molar-refractivity contribution in [2.24, 2.45) is 5.73 Å². The van der Waals surface area contributed by atoms with Gasteiger partial charge in [0.25, 0.3) is 5.91 Å². The zero-order chi connectivity index (χ0) is 19.8. The van der Waals surface area contributed by atoms with Gasteiger partial charge in [-0.25, -0.2) is 0 Å².